The molecule has 2 aromatic heterocycles. The van der Waals surface area contributed by atoms with Crippen LogP contribution in [0, 0.1) is 0 Å². The minimum Gasteiger partial charge on any atom is -0.548 e. The Morgan fingerprint density at radius 3 is 2.47 bits per heavy atom. The summed E-state index contributed by atoms with van der Waals surface area (Å²) in [5.41, 5.74) is -0.398. The van der Waals surface area contributed by atoms with Gasteiger partial charge < -0.3 is 29.9 Å². The Morgan fingerprint density at radius 1 is 1.23 bits per heavy atom. The van der Waals surface area contributed by atoms with E-state index in [9.17, 15) is 24.6 Å². The third kappa shape index (κ3) is 6.00. The van der Waals surface area contributed by atoms with Crippen molar-refractivity contribution in [1.29, 1.82) is 0 Å². The van der Waals surface area contributed by atoms with Crippen molar-refractivity contribution < 1.29 is 29.4 Å². The Bertz CT molecular complexity index is 976. The average Bonchev–Trinajstić information content (AvgIpc) is 2.80. The van der Waals surface area contributed by atoms with Crippen LogP contribution in [-0.2, 0) is 17.6 Å². The number of carboxylic acids is 1. The van der Waals surface area contributed by atoms with Crippen LogP contribution < -0.4 is 16.0 Å². The molecule has 0 aliphatic heterocycles. The van der Waals surface area contributed by atoms with Gasteiger partial charge in [-0.1, -0.05) is 6.42 Å². The van der Waals surface area contributed by atoms with Crippen LogP contribution in [0.25, 0.3) is 4.96 Å². The molecule has 0 saturated heterocycles. The van der Waals surface area contributed by atoms with Crippen molar-refractivity contribution in [3.8, 4) is 5.88 Å². The molecule has 1 aliphatic carbocycles. The molecule has 1 amide bonds. The zero-order valence-electron chi connectivity index (χ0n) is 17.4. The fourth-order valence-corrected chi connectivity index (χ4v) is 4.23. The normalized spacial score (nSPS) is 13.7. The zero-order chi connectivity index (χ0) is 22.5. The van der Waals surface area contributed by atoms with Gasteiger partial charge >= 0.3 is 0 Å². The van der Waals surface area contributed by atoms with E-state index in [4.69, 9.17) is 5.11 Å². The van der Waals surface area contributed by atoms with Gasteiger partial charge in [-0.25, -0.2) is 0 Å². The number of carbonyl (C=O) groups excluding carboxylic acids is 2. The number of carboxylic acid groups (broad SMARTS) is 1. The molecule has 10 nitrogen and oxygen atoms in total. The molecule has 0 bridgehead atoms. The molecule has 2 aromatic rings. The van der Waals surface area contributed by atoms with Crippen LogP contribution in [0.5, 0.6) is 5.88 Å². The predicted molar refractivity (Wildman–Crippen MR) is 110 cm³/mol. The summed E-state index contributed by atoms with van der Waals surface area (Å²) in [6.07, 6.45) is 4.59. The average molecular weight is 441 g/mol. The SMILES string of the molecule is C[N+](C)(C)CCO.O=C([O-])CNC(=O)c1c(O)nc2sc3c(n2c1=O)CCCCC3. The fourth-order valence-electron chi connectivity index (χ4n) is 3.03. The van der Waals surface area contributed by atoms with Gasteiger partial charge in [0.05, 0.1) is 40.3 Å². The molecule has 0 fully saturated rings. The molecule has 2 heterocycles. The minimum atomic E-state index is -1.49. The van der Waals surface area contributed by atoms with E-state index in [1.54, 1.807) is 0 Å². The quantitative estimate of drug-likeness (QED) is 0.395. The maximum Gasteiger partial charge on any atom is 0.275 e. The second-order valence-electron chi connectivity index (χ2n) is 8.06. The van der Waals surface area contributed by atoms with Crippen LogP contribution in [0.3, 0.4) is 0 Å². The summed E-state index contributed by atoms with van der Waals surface area (Å²) >= 11 is 1.34. The first-order chi connectivity index (χ1) is 14.0. The first-order valence-corrected chi connectivity index (χ1v) is 10.5. The number of hydrogen-bond donors (Lipinski definition) is 3. The highest BCUT2D eigenvalue weighted by Crippen LogP contribution is 2.28. The van der Waals surface area contributed by atoms with Crippen LogP contribution in [0.15, 0.2) is 4.79 Å². The number of hydrogen-bond acceptors (Lipinski definition) is 8. The van der Waals surface area contributed by atoms with E-state index in [1.807, 2.05) is 5.32 Å². The smallest absolute Gasteiger partial charge is 0.275 e. The number of rotatable bonds is 5. The number of fused-ring (bicyclic) bond motifs is 3. The van der Waals surface area contributed by atoms with Crippen molar-refractivity contribution in [2.75, 3.05) is 40.8 Å². The molecule has 0 unspecified atom stereocenters. The number of aliphatic carboxylic acids is 1. The van der Waals surface area contributed by atoms with Gasteiger partial charge in [0, 0.05) is 10.6 Å². The van der Waals surface area contributed by atoms with E-state index in [-0.39, 0.29) is 6.61 Å². The lowest BCUT2D eigenvalue weighted by Crippen LogP contribution is -2.40. The molecule has 0 aromatic carbocycles. The van der Waals surface area contributed by atoms with Gasteiger partial charge in [-0.2, -0.15) is 4.98 Å². The first kappa shape index (κ1) is 23.8. The fraction of sp³-hybridized carbons (Fsp3) is 0.579. The topological polar surface area (TPSA) is 144 Å². The monoisotopic (exact) mass is 440 g/mol. The van der Waals surface area contributed by atoms with Crippen LogP contribution in [-0.4, -0.2) is 76.8 Å². The van der Waals surface area contributed by atoms with Gasteiger partial charge in [-0.15, -0.1) is 11.3 Å². The number of nitrogens with zero attached hydrogens (tertiary/aromatic N) is 3. The standard InChI is InChI=1S/C14H15N3O5S.C5H14NO/c18-9(19)6-15-11(20)10-12(21)16-14-17(13(10)22)7-4-2-1-3-5-8(7)23-14;1-6(2,3)4-5-7/h21H,1-6H2,(H,15,20)(H,18,19);7H,4-5H2,1-3H3/q;+1/p-1. The largest absolute Gasteiger partial charge is 0.548 e. The molecule has 3 N–H and O–H groups in total. The van der Waals surface area contributed by atoms with Gasteiger partial charge in [-0.05, 0) is 25.7 Å². The van der Waals surface area contributed by atoms with Crippen molar-refractivity contribution in [1.82, 2.24) is 14.7 Å². The summed E-state index contributed by atoms with van der Waals surface area (Å²) < 4.78 is 2.20. The summed E-state index contributed by atoms with van der Waals surface area (Å²) in [4.78, 5) is 40.3. The van der Waals surface area contributed by atoms with Crippen molar-refractivity contribution in [3.05, 3.63) is 26.5 Å². The van der Waals surface area contributed by atoms with Crippen LogP contribution in [0.4, 0.5) is 0 Å². The third-order valence-electron chi connectivity index (χ3n) is 4.55. The summed E-state index contributed by atoms with van der Waals surface area (Å²) in [6.45, 7) is 0.367. The maximum atomic E-state index is 12.6. The predicted octanol–water partition coefficient (Wildman–Crippen LogP) is -1.10. The lowest BCUT2D eigenvalue weighted by Gasteiger charge is -2.21. The van der Waals surface area contributed by atoms with E-state index < -0.39 is 35.4 Å². The number of aromatic nitrogens is 2. The number of carbonyl (C=O) groups is 2. The van der Waals surface area contributed by atoms with Crippen molar-refractivity contribution in [2.45, 2.75) is 32.1 Å². The summed E-state index contributed by atoms with van der Waals surface area (Å²) in [5, 5.41) is 30.7. The molecular formula is C19H28N4O6S. The van der Waals surface area contributed by atoms with Crippen LogP contribution in [0.2, 0.25) is 0 Å². The first-order valence-electron chi connectivity index (χ1n) is 9.70. The summed E-state index contributed by atoms with van der Waals surface area (Å²) in [7, 11) is 6.16. The molecule has 11 heteroatoms. The van der Waals surface area contributed by atoms with Gasteiger partial charge in [-0.3, -0.25) is 14.0 Å². The Kier molecular flexibility index (Phi) is 7.93. The van der Waals surface area contributed by atoms with E-state index in [0.717, 1.165) is 47.3 Å². The van der Waals surface area contributed by atoms with E-state index in [1.165, 1.54) is 15.7 Å². The third-order valence-corrected chi connectivity index (χ3v) is 5.69. The Hall–Kier alpha value is -2.50. The van der Waals surface area contributed by atoms with Crippen molar-refractivity contribution in [2.24, 2.45) is 0 Å². The number of aliphatic hydroxyl groups excluding tert-OH is 1. The van der Waals surface area contributed by atoms with Gasteiger partial charge in [0.1, 0.15) is 6.54 Å². The van der Waals surface area contributed by atoms with E-state index >= 15 is 0 Å². The number of thiazole rings is 1. The minimum absolute atomic E-state index is 0.281. The number of aliphatic hydroxyl groups is 1. The molecule has 1 aliphatic rings. The molecule has 166 valence electrons. The number of quaternary nitrogens is 1. The molecule has 0 saturated carbocycles. The second kappa shape index (κ2) is 10.0. The summed E-state index contributed by atoms with van der Waals surface area (Å²) in [5.74, 6) is -3.16. The molecule has 0 radical (unpaired) electrons. The lowest BCUT2D eigenvalue weighted by atomic mass is 10.2. The molecular weight excluding hydrogens is 412 g/mol. The zero-order valence-corrected chi connectivity index (χ0v) is 18.3. The maximum absolute atomic E-state index is 12.6. The second-order valence-corrected chi connectivity index (χ2v) is 9.12. The molecule has 3 rings (SSSR count). The molecule has 0 atom stereocenters. The van der Waals surface area contributed by atoms with Gasteiger partial charge in [0.15, 0.2) is 10.5 Å². The van der Waals surface area contributed by atoms with Gasteiger partial charge in [0.25, 0.3) is 11.5 Å². The van der Waals surface area contributed by atoms with E-state index in [2.05, 4.69) is 26.1 Å². The molecule has 30 heavy (non-hydrogen) atoms. The van der Waals surface area contributed by atoms with E-state index in [0.29, 0.717) is 11.4 Å². The number of aromatic hydroxyl groups is 1. The molecule has 0 spiro atoms. The van der Waals surface area contributed by atoms with Crippen LogP contribution >= 0.6 is 11.3 Å². The number of likely N-dealkylation sites (N-methyl/N-ethyl adjacent to an activating group) is 1. The highest BCUT2D eigenvalue weighted by Gasteiger charge is 2.24. The van der Waals surface area contributed by atoms with Crippen molar-refractivity contribution in [3.63, 3.8) is 0 Å². The summed E-state index contributed by atoms with van der Waals surface area (Å²) in [6, 6.07) is 0. The van der Waals surface area contributed by atoms with Gasteiger partial charge in [0.2, 0.25) is 5.88 Å². The Labute approximate surface area is 178 Å². The lowest BCUT2D eigenvalue weighted by molar-refractivity contribution is -0.870. The highest BCUT2D eigenvalue weighted by molar-refractivity contribution is 7.17. The highest BCUT2D eigenvalue weighted by atomic mass is 32.1. The van der Waals surface area contributed by atoms with Crippen molar-refractivity contribution >= 4 is 28.2 Å². The number of nitrogens with one attached hydrogen (secondary N) is 1. The Morgan fingerprint density at radius 2 is 1.90 bits per heavy atom. The number of amides is 1. The van der Waals surface area contributed by atoms with Crippen LogP contribution in [0.1, 0.15) is 40.2 Å². The number of aryl methyl sites for hydroxylation is 2. The Balaban J connectivity index is 0.000000396.